The van der Waals surface area contributed by atoms with Crippen LogP contribution < -0.4 is 4.74 Å². The highest BCUT2D eigenvalue weighted by molar-refractivity contribution is 5.52. The van der Waals surface area contributed by atoms with Gasteiger partial charge in [0.1, 0.15) is 0 Å². The van der Waals surface area contributed by atoms with E-state index in [0.717, 1.165) is 17.2 Å². The van der Waals surface area contributed by atoms with E-state index < -0.39 is 0 Å². The Labute approximate surface area is 101 Å². The third kappa shape index (κ3) is 1.88. The lowest BCUT2D eigenvalue weighted by Crippen LogP contribution is -2.06. The van der Waals surface area contributed by atoms with E-state index in [-0.39, 0.29) is 0 Å². The highest BCUT2D eigenvalue weighted by Crippen LogP contribution is 2.31. The van der Waals surface area contributed by atoms with Gasteiger partial charge in [-0.2, -0.15) is 5.10 Å². The summed E-state index contributed by atoms with van der Waals surface area (Å²) in [5.41, 5.74) is 0.829. The number of methoxy groups -OCH3 is 1. The largest absolute Gasteiger partial charge is 0.493 e. The zero-order valence-corrected chi connectivity index (χ0v) is 10.1. The number of rotatable bonds is 2. The van der Waals surface area contributed by atoms with E-state index in [1.807, 2.05) is 22.8 Å². The van der Waals surface area contributed by atoms with Gasteiger partial charge < -0.3 is 4.74 Å². The predicted molar refractivity (Wildman–Crippen MR) is 65.4 cm³/mol. The minimum absolute atomic E-state index is 0.536. The Hall–Kier alpha value is -1.58. The number of pyridine rings is 1. The lowest BCUT2D eigenvalue weighted by Gasteiger charge is -2.17. The molecule has 0 aliphatic heterocycles. The molecular formula is C13H17N3O. The molecule has 1 aliphatic rings. The standard InChI is InChI=1S/C13H17N3O/c1-17-11-8-5-9-16-13(11)14-12(15-16)10-6-3-2-4-7-10/h5,8-10H,2-4,6-7H2,1H3. The lowest BCUT2D eigenvalue weighted by atomic mass is 9.89. The van der Waals surface area contributed by atoms with Crippen molar-refractivity contribution in [2.75, 3.05) is 7.11 Å². The SMILES string of the molecule is COc1cccn2nc(C3CCCCC3)nc12. The van der Waals surface area contributed by atoms with E-state index in [4.69, 9.17) is 4.74 Å². The number of ether oxygens (including phenoxy) is 1. The molecule has 0 atom stereocenters. The molecule has 0 spiro atoms. The molecule has 2 aromatic rings. The zero-order valence-electron chi connectivity index (χ0n) is 10.1. The van der Waals surface area contributed by atoms with Crippen molar-refractivity contribution in [1.29, 1.82) is 0 Å². The predicted octanol–water partition coefficient (Wildman–Crippen LogP) is 2.79. The van der Waals surface area contributed by atoms with Crippen molar-refractivity contribution >= 4 is 5.65 Å². The second-order valence-electron chi connectivity index (χ2n) is 4.65. The van der Waals surface area contributed by atoms with Crippen LogP contribution >= 0.6 is 0 Å². The molecule has 0 radical (unpaired) electrons. The molecule has 3 rings (SSSR count). The fraction of sp³-hybridized carbons (Fsp3) is 0.538. The van der Waals surface area contributed by atoms with Crippen molar-refractivity contribution in [3.05, 3.63) is 24.2 Å². The average Bonchev–Trinajstić information content (AvgIpc) is 2.83. The van der Waals surface area contributed by atoms with Gasteiger partial charge in [-0.15, -0.1) is 0 Å². The smallest absolute Gasteiger partial charge is 0.198 e. The maximum atomic E-state index is 5.30. The van der Waals surface area contributed by atoms with Crippen LogP contribution in [-0.4, -0.2) is 21.7 Å². The van der Waals surface area contributed by atoms with Crippen LogP contribution in [0.5, 0.6) is 5.75 Å². The number of nitrogens with zero attached hydrogens (tertiary/aromatic N) is 3. The van der Waals surface area contributed by atoms with Crippen molar-refractivity contribution in [3.63, 3.8) is 0 Å². The van der Waals surface area contributed by atoms with Gasteiger partial charge in [-0.25, -0.2) is 9.50 Å². The number of fused-ring (bicyclic) bond motifs is 1. The molecule has 2 heterocycles. The fourth-order valence-corrected chi connectivity index (χ4v) is 2.59. The molecule has 0 unspecified atom stereocenters. The van der Waals surface area contributed by atoms with Gasteiger partial charge in [-0.3, -0.25) is 0 Å². The van der Waals surface area contributed by atoms with Crippen LogP contribution in [0, 0.1) is 0 Å². The Kier molecular flexibility index (Phi) is 2.71. The van der Waals surface area contributed by atoms with E-state index in [2.05, 4.69) is 10.1 Å². The first-order valence-electron chi connectivity index (χ1n) is 6.28. The average molecular weight is 231 g/mol. The molecule has 1 aliphatic carbocycles. The van der Waals surface area contributed by atoms with Gasteiger partial charge in [0.2, 0.25) is 0 Å². The summed E-state index contributed by atoms with van der Waals surface area (Å²) in [6.07, 6.45) is 8.33. The number of aromatic nitrogens is 3. The highest BCUT2D eigenvalue weighted by atomic mass is 16.5. The molecule has 0 N–H and O–H groups in total. The van der Waals surface area contributed by atoms with E-state index in [1.165, 1.54) is 32.1 Å². The Morgan fingerprint density at radius 2 is 2.12 bits per heavy atom. The number of hydrogen-bond donors (Lipinski definition) is 0. The van der Waals surface area contributed by atoms with Gasteiger partial charge in [0.15, 0.2) is 17.2 Å². The maximum Gasteiger partial charge on any atom is 0.198 e. The molecule has 0 saturated heterocycles. The Balaban J connectivity index is 2.00. The van der Waals surface area contributed by atoms with Crippen LogP contribution in [0.25, 0.3) is 5.65 Å². The quantitative estimate of drug-likeness (QED) is 0.797. The van der Waals surface area contributed by atoms with Crippen molar-refractivity contribution in [2.24, 2.45) is 0 Å². The summed E-state index contributed by atoms with van der Waals surface area (Å²) in [5, 5.41) is 4.57. The zero-order chi connectivity index (χ0) is 11.7. The second-order valence-corrected chi connectivity index (χ2v) is 4.65. The van der Waals surface area contributed by atoms with Crippen molar-refractivity contribution in [1.82, 2.24) is 14.6 Å². The summed E-state index contributed by atoms with van der Waals surface area (Å²) in [5.74, 6) is 2.31. The minimum atomic E-state index is 0.536. The van der Waals surface area contributed by atoms with Crippen LogP contribution in [0.15, 0.2) is 18.3 Å². The summed E-state index contributed by atoms with van der Waals surface area (Å²) in [4.78, 5) is 4.63. The molecule has 4 heteroatoms. The molecule has 0 amide bonds. The van der Waals surface area contributed by atoms with E-state index in [9.17, 15) is 0 Å². The van der Waals surface area contributed by atoms with Crippen LogP contribution in [0.1, 0.15) is 43.8 Å². The van der Waals surface area contributed by atoms with E-state index in [1.54, 1.807) is 7.11 Å². The molecule has 0 bridgehead atoms. The Morgan fingerprint density at radius 3 is 2.88 bits per heavy atom. The Morgan fingerprint density at radius 1 is 1.29 bits per heavy atom. The summed E-state index contributed by atoms with van der Waals surface area (Å²) < 4.78 is 7.13. The Bertz CT molecular complexity index is 514. The summed E-state index contributed by atoms with van der Waals surface area (Å²) in [6, 6.07) is 3.86. The monoisotopic (exact) mass is 231 g/mol. The third-order valence-corrected chi connectivity index (χ3v) is 3.53. The fourth-order valence-electron chi connectivity index (χ4n) is 2.59. The van der Waals surface area contributed by atoms with Gasteiger partial charge in [-0.05, 0) is 25.0 Å². The number of hydrogen-bond acceptors (Lipinski definition) is 3. The molecule has 1 saturated carbocycles. The van der Waals surface area contributed by atoms with Gasteiger partial charge in [0.25, 0.3) is 0 Å². The van der Waals surface area contributed by atoms with Crippen LogP contribution in [0.2, 0.25) is 0 Å². The molecule has 17 heavy (non-hydrogen) atoms. The van der Waals surface area contributed by atoms with Gasteiger partial charge in [0.05, 0.1) is 7.11 Å². The first-order chi connectivity index (χ1) is 8.38. The van der Waals surface area contributed by atoms with E-state index >= 15 is 0 Å². The van der Waals surface area contributed by atoms with Crippen LogP contribution in [-0.2, 0) is 0 Å². The molecule has 90 valence electrons. The van der Waals surface area contributed by atoms with Crippen LogP contribution in [0.4, 0.5) is 0 Å². The molecule has 0 aromatic carbocycles. The van der Waals surface area contributed by atoms with Gasteiger partial charge in [0, 0.05) is 12.1 Å². The molecule has 2 aromatic heterocycles. The molecule has 1 fully saturated rings. The second kappa shape index (κ2) is 4.35. The summed E-state index contributed by atoms with van der Waals surface area (Å²) in [6.45, 7) is 0. The van der Waals surface area contributed by atoms with E-state index in [0.29, 0.717) is 5.92 Å². The summed E-state index contributed by atoms with van der Waals surface area (Å²) >= 11 is 0. The van der Waals surface area contributed by atoms with Gasteiger partial charge in [-0.1, -0.05) is 19.3 Å². The highest BCUT2D eigenvalue weighted by Gasteiger charge is 2.20. The van der Waals surface area contributed by atoms with Crippen molar-refractivity contribution < 1.29 is 4.74 Å². The maximum absolute atomic E-state index is 5.30. The van der Waals surface area contributed by atoms with Gasteiger partial charge >= 0.3 is 0 Å². The topological polar surface area (TPSA) is 39.4 Å². The first-order valence-corrected chi connectivity index (χ1v) is 6.28. The lowest BCUT2D eigenvalue weighted by molar-refractivity contribution is 0.416. The van der Waals surface area contributed by atoms with Crippen molar-refractivity contribution in [3.8, 4) is 5.75 Å². The molecule has 4 nitrogen and oxygen atoms in total. The molecular weight excluding hydrogens is 214 g/mol. The summed E-state index contributed by atoms with van der Waals surface area (Å²) in [7, 11) is 1.67. The normalized spacial score (nSPS) is 17.5. The van der Waals surface area contributed by atoms with Crippen LogP contribution in [0.3, 0.4) is 0 Å². The third-order valence-electron chi connectivity index (χ3n) is 3.53. The van der Waals surface area contributed by atoms with Crippen molar-refractivity contribution in [2.45, 2.75) is 38.0 Å². The minimum Gasteiger partial charge on any atom is -0.493 e. The first kappa shape index (κ1) is 10.6.